The average Bonchev–Trinajstić information content (AvgIpc) is 2.70. The summed E-state index contributed by atoms with van der Waals surface area (Å²) >= 11 is 0. The van der Waals surface area contributed by atoms with Crippen molar-refractivity contribution in [3.8, 4) is 17.1 Å². The number of nitrogens with zero attached hydrogens (tertiary/aromatic N) is 4. The van der Waals surface area contributed by atoms with Crippen molar-refractivity contribution in [2.24, 2.45) is 0 Å². The second-order valence-corrected chi connectivity index (χ2v) is 7.11. The van der Waals surface area contributed by atoms with Crippen LogP contribution in [0, 0.1) is 13.8 Å². The van der Waals surface area contributed by atoms with Crippen LogP contribution in [-0.4, -0.2) is 33.5 Å². The lowest BCUT2D eigenvalue weighted by Gasteiger charge is -2.29. The fourth-order valence-corrected chi connectivity index (χ4v) is 3.63. The number of benzene rings is 1. The van der Waals surface area contributed by atoms with Crippen LogP contribution >= 0.6 is 0 Å². The maximum atomic E-state index is 5.43. The summed E-state index contributed by atoms with van der Waals surface area (Å²) in [5.74, 6) is 1.74. The Morgan fingerprint density at radius 1 is 1.11 bits per heavy atom. The number of methoxy groups -OCH3 is 1. The summed E-state index contributed by atoms with van der Waals surface area (Å²) < 4.78 is 5.43. The molecule has 138 valence electrons. The SMILES string of the molecule is COc1cc(C)c(CN2CCc3nc(-c4ccncc4)ncc3C2)cc1C. The van der Waals surface area contributed by atoms with Crippen molar-refractivity contribution in [3.63, 3.8) is 0 Å². The molecule has 0 amide bonds. The molecule has 2 aromatic heterocycles. The van der Waals surface area contributed by atoms with Crippen LogP contribution in [0.5, 0.6) is 5.75 Å². The van der Waals surface area contributed by atoms with Gasteiger partial charge in [-0.25, -0.2) is 9.97 Å². The van der Waals surface area contributed by atoms with Crippen LogP contribution in [0.1, 0.15) is 27.9 Å². The van der Waals surface area contributed by atoms with Gasteiger partial charge in [-0.1, -0.05) is 6.07 Å². The molecule has 0 aliphatic carbocycles. The van der Waals surface area contributed by atoms with E-state index in [9.17, 15) is 0 Å². The number of rotatable bonds is 4. The zero-order valence-electron chi connectivity index (χ0n) is 16.1. The third-order valence-electron chi connectivity index (χ3n) is 5.20. The second-order valence-electron chi connectivity index (χ2n) is 7.11. The minimum atomic E-state index is 0.784. The fraction of sp³-hybridized carbons (Fsp3) is 0.318. The molecule has 3 heterocycles. The minimum absolute atomic E-state index is 0.784. The first kappa shape index (κ1) is 17.6. The molecular weight excluding hydrogens is 336 g/mol. The van der Waals surface area contributed by atoms with E-state index in [2.05, 4.69) is 40.8 Å². The number of aryl methyl sites for hydroxylation is 2. The monoisotopic (exact) mass is 360 g/mol. The van der Waals surface area contributed by atoms with Gasteiger partial charge in [0.25, 0.3) is 0 Å². The lowest BCUT2D eigenvalue weighted by atomic mass is 10.0. The molecule has 0 fully saturated rings. The van der Waals surface area contributed by atoms with Crippen molar-refractivity contribution in [2.75, 3.05) is 13.7 Å². The highest BCUT2D eigenvalue weighted by Gasteiger charge is 2.20. The highest BCUT2D eigenvalue weighted by molar-refractivity contribution is 5.54. The topological polar surface area (TPSA) is 51.1 Å². The highest BCUT2D eigenvalue weighted by Crippen LogP contribution is 2.26. The third-order valence-corrected chi connectivity index (χ3v) is 5.20. The summed E-state index contributed by atoms with van der Waals surface area (Å²) in [6.07, 6.45) is 6.48. The van der Waals surface area contributed by atoms with Gasteiger partial charge in [0.1, 0.15) is 5.75 Å². The van der Waals surface area contributed by atoms with Crippen molar-refractivity contribution in [2.45, 2.75) is 33.4 Å². The number of ether oxygens (including phenoxy) is 1. The van der Waals surface area contributed by atoms with Gasteiger partial charge in [0, 0.05) is 55.8 Å². The van der Waals surface area contributed by atoms with Crippen LogP contribution in [0.15, 0.2) is 42.9 Å². The Morgan fingerprint density at radius 3 is 2.70 bits per heavy atom. The van der Waals surface area contributed by atoms with E-state index >= 15 is 0 Å². The fourth-order valence-electron chi connectivity index (χ4n) is 3.63. The molecule has 3 aromatic rings. The average molecular weight is 360 g/mol. The summed E-state index contributed by atoms with van der Waals surface area (Å²) in [5.41, 5.74) is 7.21. The van der Waals surface area contributed by atoms with Crippen LogP contribution in [0.25, 0.3) is 11.4 Å². The van der Waals surface area contributed by atoms with Crippen molar-refractivity contribution in [1.29, 1.82) is 0 Å². The van der Waals surface area contributed by atoms with E-state index in [4.69, 9.17) is 9.72 Å². The summed E-state index contributed by atoms with van der Waals surface area (Å²) in [5, 5.41) is 0. The molecule has 0 saturated heterocycles. The van der Waals surface area contributed by atoms with E-state index in [-0.39, 0.29) is 0 Å². The zero-order valence-corrected chi connectivity index (χ0v) is 16.1. The first-order chi connectivity index (χ1) is 13.1. The van der Waals surface area contributed by atoms with Crippen LogP contribution in [0.2, 0.25) is 0 Å². The highest BCUT2D eigenvalue weighted by atomic mass is 16.5. The number of hydrogen-bond acceptors (Lipinski definition) is 5. The van der Waals surface area contributed by atoms with Gasteiger partial charge in [0.15, 0.2) is 5.82 Å². The van der Waals surface area contributed by atoms with Crippen LogP contribution in [0.3, 0.4) is 0 Å². The Balaban J connectivity index is 1.52. The molecule has 1 aliphatic rings. The zero-order chi connectivity index (χ0) is 18.8. The van der Waals surface area contributed by atoms with E-state index in [0.717, 1.165) is 48.9 Å². The summed E-state index contributed by atoms with van der Waals surface area (Å²) in [6.45, 7) is 7.07. The Hall–Kier alpha value is -2.79. The van der Waals surface area contributed by atoms with E-state index in [1.54, 1.807) is 19.5 Å². The van der Waals surface area contributed by atoms with E-state index < -0.39 is 0 Å². The molecule has 0 bridgehead atoms. The van der Waals surface area contributed by atoms with Gasteiger partial charge in [-0.2, -0.15) is 0 Å². The van der Waals surface area contributed by atoms with Crippen molar-refractivity contribution >= 4 is 0 Å². The molecule has 0 saturated carbocycles. The maximum Gasteiger partial charge on any atom is 0.159 e. The number of hydrogen-bond donors (Lipinski definition) is 0. The lowest BCUT2D eigenvalue weighted by molar-refractivity contribution is 0.242. The Labute approximate surface area is 160 Å². The van der Waals surface area contributed by atoms with Gasteiger partial charge in [-0.15, -0.1) is 0 Å². The maximum absolute atomic E-state index is 5.43. The quantitative estimate of drug-likeness (QED) is 0.710. The van der Waals surface area contributed by atoms with Crippen molar-refractivity contribution in [1.82, 2.24) is 19.9 Å². The first-order valence-electron chi connectivity index (χ1n) is 9.25. The van der Waals surface area contributed by atoms with Gasteiger partial charge >= 0.3 is 0 Å². The number of pyridine rings is 1. The van der Waals surface area contributed by atoms with Gasteiger partial charge in [0.2, 0.25) is 0 Å². The van der Waals surface area contributed by atoms with Gasteiger partial charge in [-0.05, 0) is 48.7 Å². The van der Waals surface area contributed by atoms with Crippen LogP contribution in [-0.2, 0) is 19.5 Å². The van der Waals surface area contributed by atoms with Gasteiger partial charge < -0.3 is 4.74 Å². The van der Waals surface area contributed by atoms with Crippen LogP contribution < -0.4 is 4.74 Å². The van der Waals surface area contributed by atoms with Gasteiger partial charge in [0.05, 0.1) is 12.8 Å². The standard InChI is InChI=1S/C22H24N4O/c1-15-11-21(27-3)16(2)10-18(15)13-26-9-6-20-19(14-26)12-24-22(25-20)17-4-7-23-8-5-17/h4-5,7-8,10-12H,6,9,13-14H2,1-3H3. The molecular formula is C22H24N4O. The van der Waals surface area contributed by atoms with E-state index in [1.807, 2.05) is 18.3 Å². The molecule has 1 aliphatic heterocycles. The molecule has 5 nitrogen and oxygen atoms in total. The van der Waals surface area contributed by atoms with Crippen LogP contribution in [0.4, 0.5) is 0 Å². The summed E-state index contributed by atoms with van der Waals surface area (Å²) in [6, 6.07) is 8.27. The van der Waals surface area contributed by atoms with Gasteiger partial charge in [-0.3, -0.25) is 9.88 Å². The molecule has 0 unspecified atom stereocenters. The second kappa shape index (κ2) is 7.45. The van der Waals surface area contributed by atoms with E-state index in [0.29, 0.717) is 0 Å². The molecule has 5 heteroatoms. The largest absolute Gasteiger partial charge is 0.496 e. The lowest BCUT2D eigenvalue weighted by Crippen LogP contribution is -2.31. The normalized spacial score (nSPS) is 14.0. The summed E-state index contributed by atoms with van der Waals surface area (Å²) in [7, 11) is 1.73. The predicted molar refractivity (Wildman–Crippen MR) is 106 cm³/mol. The molecule has 4 rings (SSSR count). The molecule has 1 aromatic carbocycles. The Morgan fingerprint density at radius 2 is 1.93 bits per heavy atom. The Kier molecular flexibility index (Phi) is 4.86. The summed E-state index contributed by atoms with van der Waals surface area (Å²) in [4.78, 5) is 15.9. The molecule has 0 radical (unpaired) electrons. The number of aromatic nitrogens is 3. The third kappa shape index (κ3) is 3.69. The smallest absolute Gasteiger partial charge is 0.159 e. The van der Waals surface area contributed by atoms with Crippen molar-refractivity contribution < 1.29 is 4.74 Å². The first-order valence-corrected chi connectivity index (χ1v) is 9.25. The van der Waals surface area contributed by atoms with Crippen molar-refractivity contribution in [3.05, 3.63) is 70.8 Å². The molecule has 0 N–H and O–H groups in total. The minimum Gasteiger partial charge on any atom is -0.496 e. The molecule has 0 spiro atoms. The van der Waals surface area contributed by atoms with E-state index in [1.165, 1.54) is 22.3 Å². The number of fused-ring (bicyclic) bond motifs is 1. The Bertz CT molecular complexity index is 956. The predicted octanol–water partition coefficient (Wildman–Crippen LogP) is 3.72. The molecule has 0 atom stereocenters. The molecule has 27 heavy (non-hydrogen) atoms.